The zero-order valence-corrected chi connectivity index (χ0v) is 12.8. The Morgan fingerprint density at radius 2 is 1.84 bits per heavy atom. The van der Waals surface area contributed by atoms with Gasteiger partial charge in [-0.3, -0.25) is 4.98 Å². The van der Waals surface area contributed by atoms with Gasteiger partial charge in [0.25, 0.3) is 0 Å². The zero-order valence-electron chi connectivity index (χ0n) is 11.4. The minimum absolute atomic E-state index is 0.405. The molecule has 2 N–H and O–H groups in total. The summed E-state index contributed by atoms with van der Waals surface area (Å²) >= 11 is 0. The number of hydrogen-bond acceptors (Lipinski definition) is 2. The molecule has 2 rings (SSSR count). The average Bonchev–Trinajstić information content (AvgIpc) is 2.34. The molecule has 1 aromatic carbocycles. The first kappa shape index (κ1) is 13.4. The lowest BCUT2D eigenvalue weighted by atomic mass is 10.1. The van der Waals surface area contributed by atoms with Gasteiger partial charge in [-0.05, 0) is 31.5 Å². The molecule has 3 heteroatoms. The second kappa shape index (κ2) is 6.21. The minimum Gasteiger partial charge on any atom is -0.397 e. The number of anilines is 1. The van der Waals surface area contributed by atoms with Gasteiger partial charge >= 0.3 is 0 Å². The van der Waals surface area contributed by atoms with Crippen molar-refractivity contribution in [2.24, 2.45) is 0 Å². The lowest BCUT2D eigenvalue weighted by molar-refractivity contribution is 1.29. The standard InChI is InChI=1S/C16H18N2Si/c1-12-5-13(2)7-15(6-12)11-19-4-3-14-8-16(17)10-18-9-14/h5-10H,11,17,19H2,1-2H3. The van der Waals surface area contributed by atoms with Crippen LogP contribution in [0.3, 0.4) is 0 Å². The largest absolute Gasteiger partial charge is 0.397 e. The Morgan fingerprint density at radius 3 is 2.53 bits per heavy atom. The lowest BCUT2D eigenvalue weighted by Crippen LogP contribution is -1.95. The lowest BCUT2D eigenvalue weighted by Gasteiger charge is -2.02. The Morgan fingerprint density at radius 1 is 1.11 bits per heavy atom. The van der Waals surface area contributed by atoms with Crippen LogP contribution in [-0.2, 0) is 6.04 Å². The number of rotatable bonds is 2. The molecule has 2 nitrogen and oxygen atoms in total. The first-order valence-corrected chi connectivity index (χ1v) is 8.11. The Kier molecular flexibility index (Phi) is 4.38. The van der Waals surface area contributed by atoms with Crippen LogP contribution in [-0.4, -0.2) is 14.5 Å². The molecule has 1 heterocycles. The molecule has 0 aliphatic carbocycles. The van der Waals surface area contributed by atoms with E-state index >= 15 is 0 Å². The summed E-state index contributed by atoms with van der Waals surface area (Å²) in [6.45, 7) is 4.28. The van der Waals surface area contributed by atoms with Crippen molar-refractivity contribution in [2.75, 3.05) is 5.73 Å². The highest BCUT2D eigenvalue weighted by Gasteiger charge is 1.95. The van der Waals surface area contributed by atoms with Crippen LogP contribution in [0.4, 0.5) is 5.69 Å². The van der Waals surface area contributed by atoms with Crippen molar-refractivity contribution >= 4 is 15.2 Å². The van der Waals surface area contributed by atoms with Crippen LogP contribution in [0.1, 0.15) is 22.3 Å². The van der Waals surface area contributed by atoms with Gasteiger partial charge in [0.15, 0.2) is 0 Å². The molecule has 0 amide bonds. The molecule has 0 unspecified atom stereocenters. The number of benzene rings is 1. The molecule has 0 atom stereocenters. The molecular weight excluding hydrogens is 248 g/mol. The first-order chi connectivity index (χ1) is 9.13. The first-order valence-electron chi connectivity index (χ1n) is 6.40. The van der Waals surface area contributed by atoms with Crippen molar-refractivity contribution in [3.8, 4) is 11.5 Å². The Balaban J connectivity index is 1.97. The molecule has 2 aromatic rings. The fraction of sp³-hybridized carbons (Fsp3) is 0.188. The van der Waals surface area contributed by atoms with E-state index in [1.807, 2.05) is 6.07 Å². The molecule has 0 saturated heterocycles. The summed E-state index contributed by atoms with van der Waals surface area (Å²) in [5.41, 5.74) is 14.6. The maximum Gasteiger partial charge on any atom is 0.111 e. The maximum absolute atomic E-state index is 5.67. The third kappa shape index (κ3) is 4.27. The minimum atomic E-state index is -0.405. The summed E-state index contributed by atoms with van der Waals surface area (Å²) in [7, 11) is -0.405. The van der Waals surface area contributed by atoms with E-state index < -0.39 is 9.52 Å². The number of nitrogens with two attached hydrogens (primary N) is 1. The van der Waals surface area contributed by atoms with E-state index in [2.05, 4.69) is 48.5 Å². The number of nitrogen functional groups attached to an aromatic ring is 1. The van der Waals surface area contributed by atoms with Crippen molar-refractivity contribution in [1.82, 2.24) is 4.98 Å². The highest BCUT2D eigenvalue weighted by Crippen LogP contribution is 2.08. The normalized spacial score (nSPS) is 10.4. The van der Waals surface area contributed by atoms with Gasteiger partial charge in [-0.25, -0.2) is 0 Å². The van der Waals surface area contributed by atoms with E-state index in [1.165, 1.54) is 16.7 Å². The quantitative estimate of drug-likeness (QED) is 0.666. The van der Waals surface area contributed by atoms with Crippen molar-refractivity contribution in [3.05, 3.63) is 58.9 Å². The molecule has 96 valence electrons. The van der Waals surface area contributed by atoms with Crippen LogP contribution in [0.2, 0.25) is 0 Å². The van der Waals surface area contributed by atoms with Gasteiger partial charge in [-0.1, -0.05) is 35.2 Å². The third-order valence-corrected chi connectivity index (χ3v) is 4.07. The second-order valence-corrected chi connectivity index (χ2v) is 6.16. The highest BCUT2D eigenvalue weighted by molar-refractivity contribution is 6.45. The van der Waals surface area contributed by atoms with Crippen molar-refractivity contribution < 1.29 is 0 Å². The van der Waals surface area contributed by atoms with Gasteiger partial charge < -0.3 is 5.73 Å². The SMILES string of the molecule is Cc1cc(C)cc(C[SiH2]C#Cc2cncc(N)c2)c1. The van der Waals surface area contributed by atoms with Crippen molar-refractivity contribution in [3.63, 3.8) is 0 Å². The smallest absolute Gasteiger partial charge is 0.111 e. The highest BCUT2D eigenvalue weighted by atomic mass is 28.2. The summed E-state index contributed by atoms with van der Waals surface area (Å²) in [5, 5.41) is 0. The Labute approximate surface area is 116 Å². The fourth-order valence-corrected chi connectivity index (χ4v) is 3.14. The van der Waals surface area contributed by atoms with E-state index in [1.54, 1.807) is 12.4 Å². The second-order valence-electron chi connectivity index (χ2n) is 4.80. The van der Waals surface area contributed by atoms with Crippen LogP contribution in [0, 0.1) is 25.3 Å². The monoisotopic (exact) mass is 266 g/mol. The number of nitrogens with zero attached hydrogens (tertiary/aromatic N) is 1. The summed E-state index contributed by atoms with van der Waals surface area (Å²) in [6, 6.07) is 9.69. The number of hydrogen-bond donors (Lipinski definition) is 1. The van der Waals surface area contributed by atoms with Crippen LogP contribution < -0.4 is 5.73 Å². The number of aromatic nitrogens is 1. The van der Waals surface area contributed by atoms with Gasteiger partial charge in [0, 0.05) is 18.0 Å². The van der Waals surface area contributed by atoms with Gasteiger partial charge in [-0.15, -0.1) is 5.54 Å². The van der Waals surface area contributed by atoms with Gasteiger partial charge in [0.1, 0.15) is 9.52 Å². The van der Waals surface area contributed by atoms with E-state index in [-0.39, 0.29) is 0 Å². The summed E-state index contributed by atoms with van der Waals surface area (Å²) in [5.74, 6) is 3.15. The van der Waals surface area contributed by atoms with Crippen LogP contribution >= 0.6 is 0 Å². The fourth-order valence-electron chi connectivity index (χ4n) is 2.11. The van der Waals surface area contributed by atoms with Gasteiger partial charge in [0.05, 0.1) is 5.69 Å². The predicted octanol–water partition coefficient (Wildman–Crippen LogP) is 1.96. The molecule has 0 radical (unpaired) electrons. The number of aryl methyl sites for hydroxylation is 2. The van der Waals surface area contributed by atoms with Crippen molar-refractivity contribution in [1.29, 1.82) is 0 Å². The van der Waals surface area contributed by atoms with Gasteiger partial charge in [-0.2, -0.15) is 0 Å². The summed E-state index contributed by atoms with van der Waals surface area (Å²) < 4.78 is 0. The summed E-state index contributed by atoms with van der Waals surface area (Å²) in [6.07, 6.45) is 3.40. The van der Waals surface area contributed by atoms with Crippen molar-refractivity contribution in [2.45, 2.75) is 19.9 Å². The predicted molar refractivity (Wildman–Crippen MR) is 83.7 cm³/mol. The molecular formula is C16H18N2Si. The van der Waals surface area contributed by atoms with Crippen LogP contribution in [0.5, 0.6) is 0 Å². The maximum atomic E-state index is 5.67. The topological polar surface area (TPSA) is 38.9 Å². The number of pyridine rings is 1. The summed E-state index contributed by atoms with van der Waals surface area (Å²) in [4.78, 5) is 4.03. The van der Waals surface area contributed by atoms with Gasteiger partial charge in [0.2, 0.25) is 0 Å². The average molecular weight is 266 g/mol. The molecule has 0 aliphatic heterocycles. The Hall–Kier alpha value is -2.05. The van der Waals surface area contributed by atoms with Crippen LogP contribution in [0.25, 0.3) is 0 Å². The van der Waals surface area contributed by atoms with E-state index in [0.29, 0.717) is 5.69 Å². The molecule has 0 spiro atoms. The molecule has 0 fully saturated rings. The molecule has 19 heavy (non-hydrogen) atoms. The van der Waals surface area contributed by atoms with E-state index in [0.717, 1.165) is 11.6 Å². The molecule has 1 aromatic heterocycles. The van der Waals surface area contributed by atoms with Crippen LogP contribution in [0.15, 0.2) is 36.7 Å². The molecule has 0 saturated carbocycles. The molecule has 0 bridgehead atoms. The molecule has 0 aliphatic rings. The third-order valence-electron chi connectivity index (χ3n) is 2.81. The van der Waals surface area contributed by atoms with E-state index in [4.69, 9.17) is 5.73 Å². The Bertz CT molecular complexity index is 618. The zero-order chi connectivity index (χ0) is 13.7. The van der Waals surface area contributed by atoms with E-state index in [9.17, 15) is 0 Å².